The lowest BCUT2D eigenvalue weighted by molar-refractivity contribution is 0.103. The van der Waals surface area contributed by atoms with Crippen LogP contribution in [0.2, 0.25) is 0 Å². The van der Waals surface area contributed by atoms with Gasteiger partial charge in [-0.15, -0.1) is 0 Å². The van der Waals surface area contributed by atoms with E-state index in [0.717, 1.165) is 57.0 Å². The molecule has 1 N–H and O–H groups in total. The second-order valence-electron chi connectivity index (χ2n) is 4.89. The van der Waals surface area contributed by atoms with Crippen molar-refractivity contribution in [3.05, 3.63) is 17.8 Å². The Bertz CT molecular complexity index is 332. The van der Waals surface area contributed by atoms with Crippen LogP contribution in [0.3, 0.4) is 0 Å². The Labute approximate surface area is 109 Å². The van der Waals surface area contributed by atoms with Gasteiger partial charge in [0.15, 0.2) is 5.89 Å². The molecule has 18 heavy (non-hydrogen) atoms. The minimum atomic E-state index is 0.435. The van der Waals surface area contributed by atoms with Gasteiger partial charge in [-0.1, -0.05) is 6.92 Å². The first-order valence-corrected chi connectivity index (χ1v) is 7.14. The summed E-state index contributed by atoms with van der Waals surface area (Å²) in [5.41, 5.74) is 0. The molecule has 0 aromatic carbocycles. The summed E-state index contributed by atoms with van der Waals surface area (Å²) in [6, 6.07) is 0. The molecule has 1 atom stereocenters. The highest BCUT2D eigenvalue weighted by Crippen LogP contribution is 2.18. The van der Waals surface area contributed by atoms with E-state index in [1.54, 1.807) is 0 Å². The lowest BCUT2D eigenvalue weighted by Gasteiger charge is -2.06. The highest BCUT2D eigenvalue weighted by Gasteiger charge is 2.16. The zero-order valence-corrected chi connectivity index (χ0v) is 11.3. The Hall–Kier alpha value is -0.870. The first-order valence-electron chi connectivity index (χ1n) is 7.14. The highest BCUT2D eigenvalue weighted by molar-refractivity contribution is 4.95. The summed E-state index contributed by atoms with van der Waals surface area (Å²) in [6.07, 6.45) is 8.74. The fourth-order valence-corrected chi connectivity index (χ4v) is 2.25. The largest absolute Gasteiger partial charge is 0.446 e. The van der Waals surface area contributed by atoms with Crippen molar-refractivity contribution in [3.8, 4) is 0 Å². The number of oxazole rings is 1. The van der Waals surface area contributed by atoms with E-state index in [4.69, 9.17) is 9.15 Å². The van der Waals surface area contributed by atoms with Gasteiger partial charge in [-0.25, -0.2) is 4.98 Å². The average molecular weight is 252 g/mol. The average Bonchev–Trinajstić information content (AvgIpc) is 3.03. The predicted molar refractivity (Wildman–Crippen MR) is 70.7 cm³/mol. The number of aromatic nitrogens is 1. The normalized spacial score (nSPS) is 19.5. The van der Waals surface area contributed by atoms with Gasteiger partial charge in [-0.2, -0.15) is 0 Å². The summed E-state index contributed by atoms with van der Waals surface area (Å²) >= 11 is 0. The fourth-order valence-electron chi connectivity index (χ4n) is 2.25. The third kappa shape index (κ3) is 4.42. The Morgan fingerprint density at radius 1 is 1.39 bits per heavy atom. The smallest absolute Gasteiger partial charge is 0.195 e. The molecule has 0 radical (unpaired) electrons. The standard InChI is InChI=1S/C14H24N2O2/c1-2-8-15-9-7-14-16-11-13(18-14)6-5-12-4-3-10-17-12/h11-12,15H,2-10H2,1H3. The second-order valence-corrected chi connectivity index (χ2v) is 4.89. The van der Waals surface area contributed by atoms with E-state index < -0.39 is 0 Å². The van der Waals surface area contributed by atoms with Crippen LogP contribution in [-0.2, 0) is 17.6 Å². The molecule has 0 saturated carbocycles. The molecule has 1 fully saturated rings. The minimum absolute atomic E-state index is 0.435. The molecule has 2 heterocycles. The number of aryl methyl sites for hydroxylation is 1. The number of rotatable bonds is 8. The van der Waals surface area contributed by atoms with Gasteiger partial charge in [-0.3, -0.25) is 0 Å². The maximum atomic E-state index is 5.72. The monoisotopic (exact) mass is 252 g/mol. The third-order valence-electron chi connectivity index (χ3n) is 3.28. The van der Waals surface area contributed by atoms with Crippen LogP contribution in [0.25, 0.3) is 0 Å². The molecule has 0 aliphatic carbocycles. The molecular formula is C14H24N2O2. The fraction of sp³-hybridized carbons (Fsp3) is 0.786. The number of nitrogens with zero attached hydrogens (tertiary/aromatic N) is 1. The van der Waals surface area contributed by atoms with Gasteiger partial charge in [0.2, 0.25) is 0 Å². The van der Waals surface area contributed by atoms with Crippen molar-refractivity contribution < 1.29 is 9.15 Å². The van der Waals surface area contributed by atoms with E-state index in [1.165, 1.54) is 12.8 Å². The number of ether oxygens (including phenoxy) is 1. The summed E-state index contributed by atoms with van der Waals surface area (Å²) < 4.78 is 11.3. The molecule has 102 valence electrons. The summed E-state index contributed by atoms with van der Waals surface area (Å²) in [5.74, 6) is 1.84. The molecule has 2 rings (SSSR count). The molecule has 1 aliphatic heterocycles. The van der Waals surface area contributed by atoms with Crippen molar-refractivity contribution in [1.29, 1.82) is 0 Å². The zero-order chi connectivity index (χ0) is 12.6. The van der Waals surface area contributed by atoms with Gasteiger partial charge in [0, 0.05) is 26.0 Å². The van der Waals surface area contributed by atoms with Gasteiger partial charge in [0.25, 0.3) is 0 Å². The van der Waals surface area contributed by atoms with Crippen molar-refractivity contribution >= 4 is 0 Å². The van der Waals surface area contributed by atoms with Crippen LogP contribution in [0.4, 0.5) is 0 Å². The second kappa shape index (κ2) is 7.54. The van der Waals surface area contributed by atoms with Gasteiger partial charge >= 0.3 is 0 Å². The topological polar surface area (TPSA) is 47.3 Å². The molecule has 1 saturated heterocycles. The van der Waals surface area contributed by atoms with E-state index in [2.05, 4.69) is 17.2 Å². The van der Waals surface area contributed by atoms with E-state index >= 15 is 0 Å². The van der Waals surface area contributed by atoms with E-state index in [9.17, 15) is 0 Å². The summed E-state index contributed by atoms with van der Waals surface area (Å²) in [6.45, 7) is 5.10. The quantitative estimate of drug-likeness (QED) is 0.721. The van der Waals surface area contributed by atoms with Crippen LogP contribution in [0.1, 0.15) is 44.3 Å². The molecule has 0 amide bonds. The van der Waals surface area contributed by atoms with Crippen molar-refractivity contribution in [2.75, 3.05) is 19.7 Å². The first kappa shape index (κ1) is 13.6. The first-order chi connectivity index (χ1) is 8.88. The van der Waals surface area contributed by atoms with Crippen LogP contribution in [0, 0.1) is 0 Å². The lowest BCUT2D eigenvalue weighted by atomic mass is 10.1. The Kier molecular flexibility index (Phi) is 5.68. The van der Waals surface area contributed by atoms with Crippen molar-refractivity contribution in [2.24, 2.45) is 0 Å². The van der Waals surface area contributed by atoms with Crippen LogP contribution in [0.5, 0.6) is 0 Å². The maximum absolute atomic E-state index is 5.72. The third-order valence-corrected chi connectivity index (χ3v) is 3.28. The SMILES string of the molecule is CCCNCCc1ncc(CCC2CCCO2)o1. The lowest BCUT2D eigenvalue weighted by Crippen LogP contribution is -2.17. The molecule has 1 aromatic heterocycles. The number of hydrogen-bond donors (Lipinski definition) is 1. The maximum Gasteiger partial charge on any atom is 0.195 e. The predicted octanol–water partition coefficient (Wildman–Crippen LogP) is 2.33. The molecule has 0 bridgehead atoms. The van der Waals surface area contributed by atoms with Crippen molar-refractivity contribution in [2.45, 2.75) is 51.6 Å². The van der Waals surface area contributed by atoms with Crippen molar-refractivity contribution in [3.63, 3.8) is 0 Å². The Morgan fingerprint density at radius 2 is 2.33 bits per heavy atom. The van der Waals surface area contributed by atoms with E-state index in [-0.39, 0.29) is 0 Å². The molecule has 1 aromatic rings. The number of nitrogens with one attached hydrogen (secondary N) is 1. The van der Waals surface area contributed by atoms with Crippen molar-refractivity contribution in [1.82, 2.24) is 10.3 Å². The van der Waals surface area contributed by atoms with Crippen LogP contribution >= 0.6 is 0 Å². The zero-order valence-electron chi connectivity index (χ0n) is 11.3. The highest BCUT2D eigenvalue weighted by atomic mass is 16.5. The molecule has 4 heteroatoms. The number of hydrogen-bond acceptors (Lipinski definition) is 4. The van der Waals surface area contributed by atoms with E-state index in [1.807, 2.05) is 6.20 Å². The van der Waals surface area contributed by atoms with E-state index in [0.29, 0.717) is 6.10 Å². The van der Waals surface area contributed by atoms with Gasteiger partial charge in [0.05, 0.1) is 12.3 Å². The summed E-state index contributed by atoms with van der Waals surface area (Å²) in [4.78, 5) is 4.31. The van der Waals surface area contributed by atoms with Crippen LogP contribution in [0.15, 0.2) is 10.6 Å². The Balaban J connectivity index is 1.65. The molecule has 1 aliphatic rings. The molecule has 1 unspecified atom stereocenters. The summed E-state index contributed by atoms with van der Waals surface area (Å²) in [5, 5.41) is 3.35. The van der Waals surface area contributed by atoms with Crippen LogP contribution < -0.4 is 5.32 Å². The molecule has 0 spiro atoms. The molecular weight excluding hydrogens is 228 g/mol. The van der Waals surface area contributed by atoms with Gasteiger partial charge in [0.1, 0.15) is 5.76 Å². The summed E-state index contributed by atoms with van der Waals surface area (Å²) in [7, 11) is 0. The molecule has 4 nitrogen and oxygen atoms in total. The Morgan fingerprint density at radius 3 is 3.11 bits per heavy atom. The van der Waals surface area contributed by atoms with Gasteiger partial charge in [-0.05, 0) is 32.2 Å². The van der Waals surface area contributed by atoms with Gasteiger partial charge < -0.3 is 14.5 Å². The minimum Gasteiger partial charge on any atom is -0.446 e. The van der Waals surface area contributed by atoms with Crippen LogP contribution in [-0.4, -0.2) is 30.8 Å².